The lowest BCUT2D eigenvalue weighted by Crippen LogP contribution is -2.27. The lowest BCUT2D eigenvalue weighted by molar-refractivity contribution is -0.124. The molecule has 0 spiro atoms. The Balaban J connectivity index is 1.85. The summed E-state index contributed by atoms with van der Waals surface area (Å²) in [4.78, 5) is 18.3. The zero-order valence-electron chi connectivity index (χ0n) is 13.3. The van der Waals surface area contributed by atoms with Gasteiger partial charge < -0.3 is 5.32 Å². The highest BCUT2D eigenvalue weighted by Gasteiger charge is 2.14. The SMILES string of the molecule is Cc1c(CNC(=O)C(C)C)sc2nc(-c3ccc(F)cc3)cn12. The molecule has 23 heavy (non-hydrogen) atoms. The van der Waals surface area contributed by atoms with E-state index in [0.717, 1.165) is 26.8 Å². The van der Waals surface area contributed by atoms with Crippen molar-refractivity contribution in [3.05, 3.63) is 46.9 Å². The molecule has 1 amide bonds. The molecule has 6 heteroatoms. The number of rotatable bonds is 4. The number of carbonyl (C=O) groups excluding carboxylic acids is 1. The number of nitrogens with zero attached hydrogens (tertiary/aromatic N) is 2. The molecule has 0 fully saturated rings. The molecule has 0 aliphatic heterocycles. The van der Waals surface area contributed by atoms with Crippen molar-refractivity contribution in [2.45, 2.75) is 27.3 Å². The van der Waals surface area contributed by atoms with Crippen LogP contribution in [0.1, 0.15) is 24.4 Å². The van der Waals surface area contributed by atoms with Crippen LogP contribution in [-0.2, 0) is 11.3 Å². The van der Waals surface area contributed by atoms with Gasteiger partial charge in [-0.2, -0.15) is 0 Å². The van der Waals surface area contributed by atoms with Crippen molar-refractivity contribution in [1.29, 1.82) is 0 Å². The minimum absolute atomic E-state index is 0.0237. The lowest BCUT2D eigenvalue weighted by atomic mass is 10.2. The number of thiazole rings is 1. The van der Waals surface area contributed by atoms with Crippen LogP contribution in [0.25, 0.3) is 16.2 Å². The number of hydrogen-bond acceptors (Lipinski definition) is 3. The molecular weight excluding hydrogens is 313 g/mol. The highest BCUT2D eigenvalue weighted by atomic mass is 32.1. The van der Waals surface area contributed by atoms with E-state index < -0.39 is 0 Å². The molecule has 0 aliphatic carbocycles. The summed E-state index contributed by atoms with van der Waals surface area (Å²) in [5, 5.41) is 2.93. The van der Waals surface area contributed by atoms with Crippen molar-refractivity contribution in [2.24, 2.45) is 5.92 Å². The number of carbonyl (C=O) groups is 1. The number of hydrogen-bond donors (Lipinski definition) is 1. The number of imidazole rings is 1. The van der Waals surface area contributed by atoms with Crippen molar-refractivity contribution >= 4 is 22.2 Å². The zero-order valence-corrected chi connectivity index (χ0v) is 14.1. The van der Waals surface area contributed by atoms with Crippen molar-refractivity contribution in [3.8, 4) is 11.3 Å². The first-order valence-corrected chi connectivity index (χ1v) is 8.28. The van der Waals surface area contributed by atoms with Gasteiger partial charge in [-0.25, -0.2) is 9.37 Å². The maximum Gasteiger partial charge on any atom is 0.222 e. The third-order valence-corrected chi connectivity index (χ3v) is 4.90. The van der Waals surface area contributed by atoms with E-state index >= 15 is 0 Å². The summed E-state index contributed by atoms with van der Waals surface area (Å²) in [6, 6.07) is 6.31. The fourth-order valence-electron chi connectivity index (χ4n) is 2.29. The summed E-state index contributed by atoms with van der Waals surface area (Å²) in [7, 11) is 0. The van der Waals surface area contributed by atoms with Crippen LogP contribution in [0.3, 0.4) is 0 Å². The van der Waals surface area contributed by atoms with Crippen LogP contribution in [-0.4, -0.2) is 15.3 Å². The first-order valence-electron chi connectivity index (χ1n) is 7.46. The van der Waals surface area contributed by atoms with Crippen LogP contribution in [0.4, 0.5) is 4.39 Å². The Morgan fingerprint density at radius 1 is 1.35 bits per heavy atom. The molecule has 1 N–H and O–H groups in total. The van der Waals surface area contributed by atoms with Gasteiger partial charge >= 0.3 is 0 Å². The molecule has 0 bridgehead atoms. The van der Waals surface area contributed by atoms with Gasteiger partial charge in [-0.15, -0.1) is 0 Å². The maximum absolute atomic E-state index is 13.0. The van der Waals surface area contributed by atoms with Gasteiger partial charge in [0.05, 0.1) is 12.2 Å². The van der Waals surface area contributed by atoms with E-state index in [0.29, 0.717) is 6.54 Å². The third kappa shape index (κ3) is 3.12. The Morgan fingerprint density at radius 3 is 2.65 bits per heavy atom. The van der Waals surface area contributed by atoms with Gasteiger partial charge in [0.25, 0.3) is 0 Å². The Bertz CT molecular complexity index is 849. The molecule has 2 heterocycles. The summed E-state index contributed by atoms with van der Waals surface area (Å²) in [5.74, 6) is -0.235. The normalized spacial score (nSPS) is 11.3. The average Bonchev–Trinajstić information content (AvgIpc) is 3.05. The van der Waals surface area contributed by atoms with Gasteiger partial charge in [-0.3, -0.25) is 9.20 Å². The van der Waals surface area contributed by atoms with Gasteiger partial charge in [0.15, 0.2) is 4.96 Å². The minimum Gasteiger partial charge on any atom is -0.351 e. The quantitative estimate of drug-likeness (QED) is 0.791. The van der Waals surface area contributed by atoms with Gasteiger partial charge in [0, 0.05) is 28.2 Å². The third-order valence-electron chi connectivity index (χ3n) is 3.74. The molecule has 3 aromatic rings. The van der Waals surface area contributed by atoms with Crippen LogP contribution in [0, 0.1) is 18.7 Å². The Labute approximate surface area is 138 Å². The van der Waals surface area contributed by atoms with Gasteiger partial charge in [-0.1, -0.05) is 25.2 Å². The van der Waals surface area contributed by atoms with Crippen LogP contribution < -0.4 is 5.32 Å². The van der Waals surface area contributed by atoms with E-state index in [1.165, 1.54) is 12.1 Å². The van der Waals surface area contributed by atoms with Crippen LogP contribution in [0.15, 0.2) is 30.5 Å². The smallest absolute Gasteiger partial charge is 0.222 e. The van der Waals surface area contributed by atoms with E-state index in [1.807, 2.05) is 31.4 Å². The van der Waals surface area contributed by atoms with E-state index in [2.05, 4.69) is 10.3 Å². The van der Waals surface area contributed by atoms with Crippen molar-refractivity contribution in [1.82, 2.24) is 14.7 Å². The Kier molecular flexibility index (Phi) is 4.17. The molecule has 0 aliphatic rings. The summed E-state index contributed by atoms with van der Waals surface area (Å²) < 4.78 is 15.0. The van der Waals surface area contributed by atoms with Crippen LogP contribution in [0.2, 0.25) is 0 Å². The van der Waals surface area contributed by atoms with Gasteiger partial charge in [0.2, 0.25) is 5.91 Å². The molecule has 0 saturated carbocycles. The molecule has 0 saturated heterocycles. The largest absolute Gasteiger partial charge is 0.351 e. The summed E-state index contributed by atoms with van der Waals surface area (Å²) in [6.45, 7) is 6.27. The summed E-state index contributed by atoms with van der Waals surface area (Å²) in [6.07, 6.45) is 1.95. The summed E-state index contributed by atoms with van der Waals surface area (Å²) in [5.41, 5.74) is 2.77. The first kappa shape index (κ1) is 15.7. The van der Waals surface area contributed by atoms with E-state index in [-0.39, 0.29) is 17.6 Å². The average molecular weight is 331 g/mol. The second-order valence-corrected chi connectivity index (χ2v) is 6.83. The predicted octanol–water partition coefficient (Wildman–Crippen LogP) is 3.78. The fourth-order valence-corrected chi connectivity index (χ4v) is 3.33. The van der Waals surface area contributed by atoms with Crippen LogP contribution in [0.5, 0.6) is 0 Å². The molecule has 0 unspecified atom stereocenters. The van der Waals surface area contributed by atoms with Crippen molar-refractivity contribution in [2.75, 3.05) is 0 Å². The van der Waals surface area contributed by atoms with Crippen molar-refractivity contribution in [3.63, 3.8) is 0 Å². The molecule has 0 radical (unpaired) electrons. The Morgan fingerprint density at radius 2 is 2.04 bits per heavy atom. The number of benzene rings is 1. The molecular formula is C17H18FN3OS. The molecule has 1 aromatic carbocycles. The summed E-state index contributed by atoms with van der Waals surface area (Å²) >= 11 is 1.56. The number of nitrogens with one attached hydrogen (secondary N) is 1. The minimum atomic E-state index is -0.255. The van der Waals surface area contributed by atoms with Gasteiger partial charge in [0.1, 0.15) is 5.82 Å². The topological polar surface area (TPSA) is 46.4 Å². The highest BCUT2D eigenvalue weighted by molar-refractivity contribution is 7.17. The molecule has 2 aromatic heterocycles. The zero-order chi connectivity index (χ0) is 16.6. The molecule has 3 rings (SSSR count). The lowest BCUT2D eigenvalue weighted by Gasteiger charge is -2.06. The van der Waals surface area contributed by atoms with E-state index in [9.17, 15) is 9.18 Å². The van der Waals surface area contributed by atoms with E-state index in [1.54, 1.807) is 23.5 Å². The Hall–Kier alpha value is -2.21. The molecule has 120 valence electrons. The number of aromatic nitrogens is 2. The molecule has 0 atom stereocenters. The highest BCUT2D eigenvalue weighted by Crippen LogP contribution is 2.27. The van der Waals surface area contributed by atoms with E-state index in [4.69, 9.17) is 0 Å². The number of aryl methyl sites for hydroxylation is 1. The van der Waals surface area contributed by atoms with Gasteiger partial charge in [-0.05, 0) is 31.2 Å². The number of amides is 1. The maximum atomic E-state index is 13.0. The number of halogens is 1. The second-order valence-electron chi connectivity index (χ2n) is 5.77. The van der Waals surface area contributed by atoms with Crippen LogP contribution >= 0.6 is 11.3 Å². The van der Waals surface area contributed by atoms with Crippen molar-refractivity contribution < 1.29 is 9.18 Å². The predicted molar refractivity (Wildman–Crippen MR) is 89.9 cm³/mol. The second kappa shape index (κ2) is 6.12. The standard InChI is InChI=1S/C17H18FN3OS/c1-10(2)16(22)19-8-15-11(3)21-9-14(20-17(21)23-15)12-4-6-13(18)7-5-12/h4-7,9-10H,8H2,1-3H3,(H,19,22). The first-order chi connectivity index (χ1) is 11.0. The fraction of sp³-hybridized carbons (Fsp3) is 0.294. The monoisotopic (exact) mass is 331 g/mol. The number of fused-ring (bicyclic) bond motifs is 1. The molecule has 4 nitrogen and oxygen atoms in total.